The number of phenolic OH excluding ortho intramolecular Hbond substituents is 1. The molecule has 0 bridgehead atoms. The largest absolute Gasteiger partial charge is 0.503 e. The summed E-state index contributed by atoms with van der Waals surface area (Å²) < 4.78 is 46.8. The fourth-order valence-electron chi connectivity index (χ4n) is 10.1. The monoisotopic (exact) mass is 826 g/mol. The van der Waals surface area contributed by atoms with Gasteiger partial charge >= 0.3 is 5.69 Å². The predicted molar refractivity (Wildman–Crippen MR) is 218 cm³/mol. The SMILES string of the molecule is Cn1c(=O)n([C@@H]2CCC(=O)NC2=O)c2ccc(CCCN3CC[C@@H]4CN(c5ccc6cn(C7CCC(CNC(=O)c8cc(F)c(O)c(F)c8F)CC7)nc6c5)C[C@H]4C3)cc21. The molecule has 1 aliphatic carbocycles. The maximum Gasteiger partial charge on any atom is 0.329 e. The summed E-state index contributed by atoms with van der Waals surface area (Å²) in [6, 6.07) is 12.6. The molecule has 4 fully saturated rings. The number of fused-ring (bicyclic) bond motifs is 3. The van der Waals surface area contributed by atoms with Crippen LogP contribution in [0.4, 0.5) is 18.9 Å². The Morgan fingerprint density at radius 2 is 1.72 bits per heavy atom. The van der Waals surface area contributed by atoms with Crippen molar-refractivity contribution in [2.24, 2.45) is 24.8 Å². The first kappa shape index (κ1) is 39.8. The maximum absolute atomic E-state index is 14.2. The van der Waals surface area contributed by atoms with Gasteiger partial charge in [-0.15, -0.1) is 0 Å². The van der Waals surface area contributed by atoms with E-state index < -0.39 is 46.6 Å². The van der Waals surface area contributed by atoms with Crippen LogP contribution in [0.2, 0.25) is 0 Å². The number of halogens is 3. The number of aromatic hydroxyl groups is 1. The number of anilines is 1. The number of likely N-dealkylation sites (tertiary alicyclic amines) is 1. The minimum absolute atomic E-state index is 0.132. The molecule has 3 aromatic carbocycles. The summed E-state index contributed by atoms with van der Waals surface area (Å²) in [6.07, 6.45) is 8.98. The number of nitrogens with zero attached hydrogens (tertiary/aromatic N) is 6. The zero-order valence-corrected chi connectivity index (χ0v) is 33.5. The Morgan fingerprint density at radius 1 is 0.917 bits per heavy atom. The van der Waals surface area contributed by atoms with E-state index in [4.69, 9.17) is 5.10 Å². The molecule has 0 spiro atoms. The van der Waals surface area contributed by atoms with Crippen molar-refractivity contribution in [1.29, 1.82) is 0 Å². The van der Waals surface area contributed by atoms with Gasteiger partial charge in [0, 0.05) is 56.9 Å². The number of aryl methyl sites for hydroxylation is 2. The number of rotatable bonds is 10. The van der Waals surface area contributed by atoms with Crippen LogP contribution in [0.1, 0.15) is 79.4 Å². The summed E-state index contributed by atoms with van der Waals surface area (Å²) in [4.78, 5) is 55.0. The highest BCUT2D eigenvalue weighted by atomic mass is 19.2. The van der Waals surface area contributed by atoms with E-state index in [1.807, 2.05) is 12.1 Å². The zero-order chi connectivity index (χ0) is 41.8. The highest BCUT2D eigenvalue weighted by Gasteiger charge is 2.37. The van der Waals surface area contributed by atoms with Crippen molar-refractivity contribution >= 4 is 45.3 Å². The molecule has 0 radical (unpaired) electrons. The number of phenols is 1. The van der Waals surface area contributed by atoms with Crippen LogP contribution >= 0.6 is 0 Å². The Kier molecular flexibility index (Phi) is 10.7. The first-order valence-electron chi connectivity index (χ1n) is 21.1. The van der Waals surface area contributed by atoms with E-state index in [-0.39, 0.29) is 36.5 Å². The molecule has 316 valence electrons. The van der Waals surface area contributed by atoms with E-state index >= 15 is 0 Å². The normalized spacial score (nSPS) is 23.7. The van der Waals surface area contributed by atoms with Gasteiger partial charge in [-0.1, -0.05) is 6.07 Å². The average molecular weight is 827 g/mol. The Balaban J connectivity index is 0.753. The lowest BCUT2D eigenvalue weighted by atomic mass is 9.86. The zero-order valence-electron chi connectivity index (χ0n) is 33.5. The molecule has 3 N–H and O–H groups in total. The first-order valence-corrected chi connectivity index (χ1v) is 21.1. The van der Waals surface area contributed by atoms with Gasteiger partial charge in [0.05, 0.1) is 28.2 Å². The summed E-state index contributed by atoms with van der Waals surface area (Å²) in [7, 11) is 1.73. The van der Waals surface area contributed by atoms with E-state index in [9.17, 15) is 37.5 Å². The molecule has 5 aromatic rings. The minimum Gasteiger partial charge on any atom is -0.503 e. The molecule has 13 nitrogen and oxygen atoms in total. The Hall–Kier alpha value is -5.64. The van der Waals surface area contributed by atoms with E-state index in [0.29, 0.717) is 29.8 Å². The number of benzene rings is 3. The molecule has 3 aliphatic heterocycles. The lowest BCUT2D eigenvalue weighted by Gasteiger charge is -2.34. The number of imide groups is 1. The lowest BCUT2D eigenvalue weighted by Crippen LogP contribution is -2.44. The summed E-state index contributed by atoms with van der Waals surface area (Å²) in [5.41, 5.74) is 3.76. The minimum atomic E-state index is -1.78. The van der Waals surface area contributed by atoms with Crippen LogP contribution in [-0.2, 0) is 23.1 Å². The highest BCUT2D eigenvalue weighted by Crippen LogP contribution is 2.37. The molecule has 0 unspecified atom stereocenters. The smallest absolute Gasteiger partial charge is 0.329 e. The fraction of sp³-hybridized carbons (Fsp3) is 0.477. The number of hydrogen-bond donors (Lipinski definition) is 3. The third-order valence-corrected chi connectivity index (χ3v) is 13.5. The summed E-state index contributed by atoms with van der Waals surface area (Å²) in [5, 5.41) is 20.3. The standard InChI is InChI=1S/C44H49F3N8O5/c1-51-37-17-25(6-11-35(37)55(44(51)60)36-12-13-38(56)49-43(36)59)3-2-15-52-16-14-27-22-53(23-29(27)21-52)31-10-7-28-24-54(50-34(28)18-31)30-8-4-26(5-9-30)20-48-42(58)32-19-33(45)41(57)40(47)39(32)46/h6-7,10-11,17-19,24,26-27,29-30,36,57H,2-5,8-9,12-16,20-23H2,1H3,(H,48,58)(H,49,56,59)/t26?,27-,29-,30?,36-/m1/s1. The molecule has 3 amide bonds. The quantitative estimate of drug-likeness (QED) is 0.126. The van der Waals surface area contributed by atoms with E-state index in [1.54, 1.807) is 11.6 Å². The van der Waals surface area contributed by atoms with Crippen LogP contribution in [-0.4, -0.2) is 85.9 Å². The van der Waals surface area contributed by atoms with Crippen molar-refractivity contribution in [2.75, 3.05) is 44.2 Å². The number of piperidine rings is 2. The molecular formula is C44H49F3N8O5. The molecule has 9 rings (SSSR count). The number of carbonyl (C=O) groups excluding carboxylic acids is 3. The van der Waals surface area contributed by atoms with E-state index in [2.05, 4.69) is 55.6 Å². The first-order chi connectivity index (χ1) is 28.9. The van der Waals surface area contributed by atoms with Crippen molar-refractivity contribution in [1.82, 2.24) is 34.4 Å². The topological polar surface area (TPSA) is 147 Å². The van der Waals surface area contributed by atoms with Crippen LogP contribution in [0.25, 0.3) is 21.9 Å². The number of amides is 3. The van der Waals surface area contributed by atoms with Gasteiger partial charge < -0.3 is 20.2 Å². The molecule has 3 atom stereocenters. The lowest BCUT2D eigenvalue weighted by molar-refractivity contribution is -0.135. The molecular weight excluding hydrogens is 778 g/mol. The fourth-order valence-corrected chi connectivity index (χ4v) is 10.1. The van der Waals surface area contributed by atoms with Crippen LogP contribution < -0.4 is 21.2 Å². The Morgan fingerprint density at radius 3 is 2.52 bits per heavy atom. The highest BCUT2D eigenvalue weighted by molar-refractivity contribution is 6.00. The third kappa shape index (κ3) is 7.54. The second-order valence-electron chi connectivity index (χ2n) is 17.2. The van der Waals surface area contributed by atoms with Gasteiger partial charge in [0.1, 0.15) is 6.04 Å². The second-order valence-corrected chi connectivity index (χ2v) is 17.2. The molecule has 2 aromatic heterocycles. The number of carbonyl (C=O) groups is 3. The average Bonchev–Trinajstić information content (AvgIpc) is 3.94. The molecule has 5 heterocycles. The van der Waals surface area contributed by atoms with Crippen molar-refractivity contribution in [2.45, 2.75) is 69.9 Å². The molecule has 16 heteroatoms. The summed E-state index contributed by atoms with van der Waals surface area (Å²) in [5.74, 6) is -6.46. The predicted octanol–water partition coefficient (Wildman–Crippen LogP) is 5.34. The van der Waals surface area contributed by atoms with Gasteiger partial charge in [0.15, 0.2) is 17.4 Å². The van der Waals surface area contributed by atoms with Crippen molar-refractivity contribution in [3.05, 3.63) is 87.7 Å². The number of hydrogen-bond acceptors (Lipinski definition) is 8. The van der Waals surface area contributed by atoms with E-state index in [1.165, 1.54) is 10.3 Å². The van der Waals surface area contributed by atoms with E-state index in [0.717, 1.165) is 99.7 Å². The van der Waals surface area contributed by atoms with Gasteiger partial charge in [-0.05, 0) is 124 Å². The van der Waals surface area contributed by atoms with Crippen molar-refractivity contribution in [3.63, 3.8) is 0 Å². The van der Waals surface area contributed by atoms with Crippen LogP contribution in [0.3, 0.4) is 0 Å². The van der Waals surface area contributed by atoms with Gasteiger partial charge in [0.25, 0.3) is 5.91 Å². The van der Waals surface area contributed by atoms with Gasteiger partial charge in [-0.3, -0.25) is 33.5 Å². The molecule has 4 aliphatic rings. The molecule has 3 saturated heterocycles. The van der Waals surface area contributed by atoms with Gasteiger partial charge in [-0.25, -0.2) is 13.6 Å². The third-order valence-electron chi connectivity index (χ3n) is 13.5. The maximum atomic E-state index is 14.2. The van der Waals surface area contributed by atoms with Gasteiger partial charge in [-0.2, -0.15) is 9.49 Å². The number of aromatic nitrogens is 4. The van der Waals surface area contributed by atoms with Crippen molar-refractivity contribution in [3.8, 4) is 5.75 Å². The van der Waals surface area contributed by atoms with Crippen LogP contribution in [0.15, 0.2) is 53.5 Å². The Bertz CT molecular complexity index is 2560. The number of imidazole rings is 1. The summed E-state index contributed by atoms with van der Waals surface area (Å²) >= 11 is 0. The summed E-state index contributed by atoms with van der Waals surface area (Å²) in [6.45, 7) is 5.43. The van der Waals surface area contributed by atoms with Crippen LogP contribution in [0, 0.1) is 35.2 Å². The van der Waals surface area contributed by atoms with Gasteiger partial charge in [0.2, 0.25) is 17.6 Å². The number of nitrogens with one attached hydrogen (secondary N) is 2. The molecule has 60 heavy (non-hydrogen) atoms. The molecule has 1 saturated carbocycles. The van der Waals surface area contributed by atoms with Crippen LogP contribution in [0.5, 0.6) is 5.75 Å². The Labute approximate surface area is 344 Å². The second kappa shape index (κ2) is 16.1. The van der Waals surface area contributed by atoms with Crippen molar-refractivity contribution < 1.29 is 32.7 Å².